The summed E-state index contributed by atoms with van der Waals surface area (Å²) in [5, 5.41) is 7.41. The van der Waals surface area contributed by atoms with Crippen LogP contribution in [0.1, 0.15) is 282 Å². The van der Waals surface area contributed by atoms with Gasteiger partial charge in [0.15, 0.2) is 16.9 Å². The molecule has 0 N–H and O–H groups in total. The summed E-state index contributed by atoms with van der Waals surface area (Å²) in [6.45, 7) is 42.6. The first-order valence-corrected chi connectivity index (χ1v) is 41.6. The summed E-state index contributed by atoms with van der Waals surface area (Å²) in [7, 11) is 3.31. The Morgan fingerprint density at radius 3 is 1.44 bits per heavy atom. The number of rotatable bonds is 11. The number of furan rings is 1. The monoisotopic (exact) mass is 1610 g/mol. The minimum Gasteiger partial charge on any atom is -0.465 e. The van der Waals surface area contributed by atoms with Crippen molar-refractivity contribution < 1.29 is 32.6 Å². The van der Waals surface area contributed by atoms with E-state index in [2.05, 4.69) is 217 Å². The smallest absolute Gasteiger partial charge is 0.337 e. The molecule has 0 amide bonds. The van der Waals surface area contributed by atoms with Gasteiger partial charge in [0.05, 0.1) is 41.8 Å². The number of aromatic nitrogens is 3. The van der Waals surface area contributed by atoms with Crippen molar-refractivity contribution in [2.45, 2.75) is 213 Å². The van der Waals surface area contributed by atoms with Crippen LogP contribution in [-0.2, 0) is 18.2 Å². The average Bonchev–Trinajstić information content (AvgIpc) is 1.60. The van der Waals surface area contributed by atoms with Crippen LogP contribution < -0.4 is 20.5 Å². The SMILES string of the molecule is C.C.CC(=O)n1cc(C(C)C)c2ccccc21.CC(C)c1ccc2c(c1)Cc1ccccc1-2.CC(C)c1ccc2c(c1)OCO2.CC(C)c1ccccc1.CC(C)c1ccsc1.CC(C)c1coc2ccccc12.CC(C)c1coc2ccccc2c1=O.COC(=O)c1ccc(C(C)C)cc1.Cc1c(C(C)C)c(=O)n(-c2ccccc2)n1C. The number of esters is 1. The summed E-state index contributed by atoms with van der Waals surface area (Å²) >= 11 is 1.77. The highest BCUT2D eigenvalue weighted by Gasteiger charge is 2.21. The zero-order valence-corrected chi connectivity index (χ0v) is 73.1. The zero-order valence-electron chi connectivity index (χ0n) is 72.3. The van der Waals surface area contributed by atoms with Gasteiger partial charge in [0.2, 0.25) is 12.7 Å². The van der Waals surface area contributed by atoms with Crippen LogP contribution in [0.15, 0.2) is 272 Å². The molecule has 0 atom stereocenters. The van der Waals surface area contributed by atoms with Crippen molar-refractivity contribution in [3.63, 3.8) is 0 Å². The molecule has 13 heteroatoms. The van der Waals surface area contributed by atoms with Crippen molar-refractivity contribution in [2.24, 2.45) is 7.05 Å². The van der Waals surface area contributed by atoms with Crippen LogP contribution in [0, 0.1) is 6.92 Å². The Morgan fingerprint density at radius 2 is 0.915 bits per heavy atom. The summed E-state index contributed by atoms with van der Waals surface area (Å²) in [5.41, 5.74) is 22.2. The molecule has 0 radical (unpaired) electrons. The van der Waals surface area contributed by atoms with Crippen LogP contribution in [0.3, 0.4) is 0 Å². The van der Waals surface area contributed by atoms with Gasteiger partial charge in [-0.25, -0.2) is 9.48 Å². The lowest BCUT2D eigenvalue weighted by Crippen LogP contribution is -2.21. The van der Waals surface area contributed by atoms with Crippen LogP contribution in [0.5, 0.6) is 11.5 Å². The predicted octanol–water partition coefficient (Wildman–Crippen LogP) is 29.0. The summed E-state index contributed by atoms with van der Waals surface area (Å²) in [5.74, 6) is 5.96. The molecule has 118 heavy (non-hydrogen) atoms. The fourth-order valence-corrected chi connectivity index (χ4v) is 14.3. The summed E-state index contributed by atoms with van der Waals surface area (Å²) in [6, 6.07) is 75.2. The molecule has 9 aromatic carbocycles. The third-order valence-corrected chi connectivity index (χ3v) is 21.3. The number of hydrogen-bond donors (Lipinski definition) is 0. The Balaban J connectivity index is 0.000000207. The highest BCUT2D eigenvalue weighted by Crippen LogP contribution is 2.39. The predicted molar refractivity (Wildman–Crippen MR) is 499 cm³/mol. The third kappa shape index (κ3) is 25.6. The molecule has 1 aliphatic carbocycles. The molecule has 0 unspecified atom stereocenters. The lowest BCUT2D eigenvalue weighted by atomic mass is 9.97. The molecule has 6 heterocycles. The standard InChI is InChI=1S/C16H16.C14H18N2O.C13H15NO.C12H12O2.C11H14O2.C11H12O.C10H12O2.C9H12.C7H10S.2CH4/c1-11(2)12-7-8-16-14(9-12)10-13-5-3-4-6-15(13)16;1-10(2)13-11(3)15(4)16(14(13)17)12-8-6-5-7-9-12;1-9(2)12-8-14(10(3)15)13-7-5-4-6-11(12)13;1-8(2)10-7-14-11-6-4-3-5-9(11)12(10)13;1-8(2)9-4-6-10(7-5-9)11(12)13-3;1-8(2)10-7-12-11-6-4-3-5-9(10)11;1-7(2)8-3-4-9-10(5-8)12-6-11-9;1-8(2)9-6-4-3-5-7-9;1-6(2)7-3-4-8-5-7;;/h3-9,11H,10H2,1-2H3;5-10H,1-4H3;4-9H,1-3H3;3-8H,1-2H3;4-8H,1-3H3;3-8H,1-2H3;3-5,7H,6H2,1-2H3;3-8H,1-2H3;3-6H,1-2H3;2*1H4. The van der Waals surface area contributed by atoms with Crippen LogP contribution in [0.25, 0.3) is 49.7 Å². The van der Waals surface area contributed by atoms with Gasteiger partial charge in [0.25, 0.3) is 5.56 Å². The molecule has 0 fully saturated rings. The van der Waals surface area contributed by atoms with E-state index in [1.54, 1.807) is 58.0 Å². The molecule has 0 saturated heterocycles. The second kappa shape index (κ2) is 46.0. The van der Waals surface area contributed by atoms with E-state index in [0.29, 0.717) is 64.8 Å². The molecule has 14 aromatic rings. The second-order valence-electron chi connectivity index (χ2n) is 32.0. The van der Waals surface area contributed by atoms with Crippen LogP contribution >= 0.6 is 11.3 Å². The molecule has 0 bridgehead atoms. The largest absolute Gasteiger partial charge is 0.465 e. The van der Waals surface area contributed by atoms with Crippen LogP contribution in [0.2, 0.25) is 0 Å². The number of fused-ring (bicyclic) bond motifs is 7. The van der Waals surface area contributed by atoms with E-state index < -0.39 is 0 Å². The molecule has 624 valence electrons. The number of hydrogen-bond acceptors (Lipinski definition) is 10. The van der Waals surface area contributed by atoms with E-state index >= 15 is 0 Å². The molecule has 16 rings (SSSR count). The molecular formula is C105H129N3O9S. The van der Waals surface area contributed by atoms with Crippen molar-refractivity contribution in [1.29, 1.82) is 0 Å². The normalized spacial score (nSPS) is 11.2. The molecule has 0 saturated carbocycles. The lowest BCUT2D eigenvalue weighted by molar-refractivity contribution is 0.0600. The molecular weight excluding hydrogens is 1480 g/mol. The van der Waals surface area contributed by atoms with Crippen molar-refractivity contribution in [1.82, 2.24) is 13.9 Å². The van der Waals surface area contributed by atoms with Gasteiger partial charge in [-0.3, -0.25) is 23.6 Å². The van der Waals surface area contributed by atoms with E-state index in [1.807, 2.05) is 154 Å². The lowest BCUT2D eigenvalue weighted by Gasteiger charge is -2.07. The summed E-state index contributed by atoms with van der Waals surface area (Å²) < 4.78 is 31.2. The van der Waals surface area contributed by atoms with E-state index in [4.69, 9.17) is 18.3 Å². The first-order valence-electron chi connectivity index (χ1n) is 40.7. The van der Waals surface area contributed by atoms with Crippen molar-refractivity contribution in [2.75, 3.05) is 13.9 Å². The van der Waals surface area contributed by atoms with E-state index in [9.17, 15) is 19.2 Å². The van der Waals surface area contributed by atoms with Crippen LogP contribution in [-0.4, -0.2) is 39.7 Å². The van der Waals surface area contributed by atoms with Gasteiger partial charge in [-0.05, 0) is 200 Å². The van der Waals surface area contributed by atoms with Gasteiger partial charge in [-0.1, -0.05) is 297 Å². The number of para-hydroxylation sites is 4. The van der Waals surface area contributed by atoms with Crippen molar-refractivity contribution >= 4 is 56.1 Å². The quantitative estimate of drug-likeness (QED) is 0.116. The van der Waals surface area contributed by atoms with Gasteiger partial charge in [-0.15, -0.1) is 0 Å². The first kappa shape index (κ1) is 95.6. The summed E-state index contributed by atoms with van der Waals surface area (Å²) in [6.07, 6.45) is 6.48. The summed E-state index contributed by atoms with van der Waals surface area (Å²) in [4.78, 5) is 46.8. The van der Waals surface area contributed by atoms with E-state index in [1.165, 1.54) is 79.1 Å². The van der Waals surface area contributed by atoms with Crippen molar-refractivity contribution in [3.05, 3.63) is 347 Å². The minimum absolute atomic E-state index is 0. The molecule has 0 spiro atoms. The van der Waals surface area contributed by atoms with Gasteiger partial charge in [-0.2, -0.15) is 11.3 Å². The topological polar surface area (TPSA) is 137 Å². The Kier molecular flexibility index (Phi) is 37.3. The zero-order chi connectivity index (χ0) is 84.4. The maximum Gasteiger partial charge on any atom is 0.337 e. The molecule has 12 nitrogen and oxygen atoms in total. The van der Waals surface area contributed by atoms with Gasteiger partial charge in [0, 0.05) is 53.3 Å². The Bertz CT molecular complexity index is 5530. The highest BCUT2D eigenvalue weighted by atomic mass is 32.1. The number of thiophene rings is 1. The number of carbonyl (C=O) groups is 2. The molecule has 1 aliphatic heterocycles. The first-order chi connectivity index (χ1) is 55.4. The number of ether oxygens (including phenoxy) is 3. The van der Waals surface area contributed by atoms with E-state index in [0.717, 1.165) is 51.5 Å². The Labute approximate surface area is 707 Å². The van der Waals surface area contributed by atoms with E-state index in [-0.39, 0.29) is 49.6 Å². The van der Waals surface area contributed by atoms with Gasteiger partial charge >= 0.3 is 5.97 Å². The minimum atomic E-state index is -0.282. The second-order valence-corrected chi connectivity index (χ2v) is 32.8. The number of carbonyl (C=O) groups excluding carboxylic acids is 2. The number of benzene rings is 9. The van der Waals surface area contributed by atoms with Crippen molar-refractivity contribution in [3.8, 4) is 28.3 Å². The Hall–Kier alpha value is -11.3. The van der Waals surface area contributed by atoms with Gasteiger partial charge in [0.1, 0.15) is 11.2 Å². The fraction of sp³-hybridized carbons (Fsp3) is 0.333. The Morgan fingerprint density at radius 1 is 0.441 bits per heavy atom. The fourth-order valence-electron chi connectivity index (χ4n) is 13.5. The third-order valence-electron chi connectivity index (χ3n) is 20.6. The average molecular weight is 1610 g/mol. The van der Waals surface area contributed by atoms with Crippen LogP contribution in [0.4, 0.5) is 0 Å². The van der Waals surface area contributed by atoms with Gasteiger partial charge < -0.3 is 23.0 Å². The molecule has 5 aromatic heterocycles. The molecule has 2 aliphatic rings. The maximum atomic E-state index is 12.4. The maximum absolute atomic E-state index is 12.4. The number of methoxy groups -OCH3 is 1. The number of nitrogens with zero attached hydrogens (tertiary/aromatic N) is 3. The highest BCUT2D eigenvalue weighted by molar-refractivity contribution is 7.08.